The number of anilines is 2. The Hall–Kier alpha value is -1.63. The van der Waals surface area contributed by atoms with Gasteiger partial charge in [-0.05, 0) is 40.8 Å². The maximum atomic E-state index is 5.46. The highest BCUT2D eigenvalue weighted by Crippen LogP contribution is 2.21. The van der Waals surface area contributed by atoms with Crippen LogP contribution in [0.15, 0.2) is 0 Å². The summed E-state index contributed by atoms with van der Waals surface area (Å²) in [5.74, 6) is 1.29. The fourth-order valence-corrected chi connectivity index (χ4v) is 2.48. The number of nitrogens with one attached hydrogen (secondary N) is 1. The second-order valence-corrected chi connectivity index (χ2v) is 5.41. The van der Waals surface area contributed by atoms with E-state index in [0.717, 1.165) is 26.1 Å². The number of likely N-dealkylation sites (N-methyl/N-ethyl adjacent to an activating group) is 1. The van der Waals surface area contributed by atoms with Crippen LogP contribution in [0.4, 0.5) is 11.9 Å². The van der Waals surface area contributed by atoms with E-state index in [1.165, 1.54) is 6.42 Å². The van der Waals surface area contributed by atoms with E-state index >= 15 is 0 Å². The van der Waals surface area contributed by atoms with E-state index in [9.17, 15) is 0 Å². The average molecular weight is 294 g/mol. The molecule has 1 unspecified atom stereocenters. The van der Waals surface area contributed by atoms with Crippen molar-refractivity contribution in [1.29, 1.82) is 0 Å². The van der Waals surface area contributed by atoms with E-state index in [1.54, 1.807) is 0 Å². The Balaban J connectivity index is 2.20. The van der Waals surface area contributed by atoms with Gasteiger partial charge in [-0.25, -0.2) is 0 Å². The molecule has 1 atom stereocenters. The maximum absolute atomic E-state index is 5.46. The van der Waals surface area contributed by atoms with Gasteiger partial charge in [0.2, 0.25) is 11.9 Å². The monoisotopic (exact) mass is 294 g/mol. The number of nitrogens with zero attached hydrogens (tertiary/aromatic N) is 5. The summed E-state index contributed by atoms with van der Waals surface area (Å²) in [5.41, 5.74) is 0. The Kier molecular flexibility index (Phi) is 5.55. The fraction of sp³-hybridized carbons (Fsp3) is 0.786. The van der Waals surface area contributed by atoms with Gasteiger partial charge in [0.15, 0.2) is 0 Å². The molecule has 0 saturated carbocycles. The third-order valence-electron chi connectivity index (χ3n) is 3.62. The molecule has 118 valence electrons. The van der Waals surface area contributed by atoms with Crippen LogP contribution in [0.1, 0.15) is 26.7 Å². The lowest BCUT2D eigenvalue weighted by molar-refractivity contribution is 0.256. The van der Waals surface area contributed by atoms with Gasteiger partial charge in [-0.15, -0.1) is 0 Å². The van der Waals surface area contributed by atoms with Gasteiger partial charge in [0.1, 0.15) is 0 Å². The minimum atomic E-state index is 0.394. The average Bonchev–Trinajstić information content (AvgIpc) is 2.48. The summed E-state index contributed by atoms with van der Waals surface area (Å²) in [4.78, 5) is 17.7. The first-order chi connectivity index (χ1) is 10.1. The van der Waals surface area contributed by atoms with Gasteiger partial charge in [-0.1, -0.05) is 0 Å². The predicted octanol–water partition coefficient (Wildman–Crippen LogP) is 1.23. The summed E-state index contributed by atoms with van der Waals surface area (Å²) in [7, 11) is 4.24. The molecule has 0 amide bonds. The minimum absolute atomic E-state index is 0.394. The van der Waals surface area contributed by atoms with Crippen LogP contribution in [0.5, 0.6) is 6.01 Å². The van der Waals surface area contributed by atoms with Crippen molar-refractivity contribution >= 4 is 11.9 Å². The molecule has 1 saturated heterocycles. The van der Waals surface area contributed by atoms with E-state index in [2.05, 4.69) is 44.2 Å². The van der Waals surface area contributed by atoms with Gasteiger partial charge in [0, 0.05) is 25.7 Å². The SMILES string of the molecule is CCNc1nc(OCC)nc(N2CCCC(N(C)C)C2)n1. The smallest absolute Gasteiger partial charge is 0.323 e. The van der Waals surface area contributed by atoms with Crippen molar-refractivity contribution < 1.29 is 4.74 Å². The van der Waals surface area contributed by atoms with Gasteiger partial charge < -0.3 is 19.9 Å². The van der Waals surface area contributed by atoms with Crippen molar-refractivity contribution in [2.75, 3.05) is 50.6 Å². The quantitative estimate of drug-likeness (QED) is 0.846. The zero-order chi connectivity index (χ0) is 15.2. The van der Waals surface area contributed by atoms with Gasteiger partial charge in [0.05, 0.1) is 6.61 Å². The fourth-order valence-electron chi connectivity index (χ4n) is 2.48. The standard InChI is InChI=1S/C14H26N6O/c1-5-15-12-16-13(18-14(17-12)21-6-2)20-9-7-8-11(10-20)19(3)4/h11H,5-10H2,1-4H3,(H,15,16,17,18). The lowest BCUT2D eigenvalue weighted by atomic mass is 10.1. The van der Waals surface area contributed by atoms with E-state index < -0.39 is 0 Å². The maximum Gasteiger partial charge on any atom is 0.323 e. The Morgan fingerprint density at radius 3 is 2.76 bits per heavy atom. The number of hydrogen-bond acceptors (Lipinski definition) is 7. The summed E-state index contributed by atoms with van der Waals surface area (Å²) in [6.45, 7) is 7.19. The highest BCUT2D eigenvalue weighted by atomic mass is 16.5. The van der Waals surface area contributed by atoms with Gasteiger partial charge in [-0.3, -0.25) is 0 Å². The molecule has 2 rings (SSSR count). The highest BCUT2D eigenvalue weighted by molar-refractivity contribution is 5.39. The molecule has 1 fully saturated rings. The molecule has 0 aliphatic carbocycles. The second kappa shape index (κ2) is 7.40. The highest BCUT2D eigenvalue weighted by Gasteiger charge is 2.24. The number of ether oxygens (including phenoxy) is 1. The van der Waals surface area contributed by atoms with Crippen molar-refractivity contribution in [3.05, 3.63) is 0 Å². The van der Waals surface area contributed by atoms with Crippen molar-refractivity contribution in [2.45, 2.75) is 32.7 Å². The van der Waals surface area contributed by atoms with Crippen molar-refractivity contribution in [3.63, 3.8) is 0 Å². The summed E-state index contributed by atoms with van der Waals surface area (Å²) in [6.07, 6.45) is 2.36. The summed E-state index contributed by atoms with van der Waals surface area (Å²) < 4.78 is 5.46. The van der Waals surface area contributed by atoms with Gasteiger partial charge in [0.25, 0.3) is 0 Å². The van der Waals surface area contributed by atoms with Crippen molar-refractivity contribution in [2.24, 2.45) is 0 Å². The first kappa shape index (κ1) is 15.8. The lowest BCUT2D eigenvalue weighted by Gasteiger charge is -2.36. The summed E-state index contributed by atoms with van der Waals surface area (Å²) in [5, 5.41) is 3.14. The largest absolute Gasteiger partial charge is 0.464 e. The Morgan fingerprint density at radius 1 is 1.29 bits per heavy atom. The Labute approximate surface area is 126 Å². The van der Waals surface area contributed by atoms with Crippen LogP contribution < -0.4 is 15.0 Å². The first-order valence-electron chi connectivity index (χ1n) is 7.68. The van der Waals surface area contributed by atoms with Crippen molar-refractivity contribution in [1.82, 2.24) is 19.9 Å². The minimum Gasteiger partial charge on any atom is -0.464 e. The molecular weight excluding hydrogens is 268 g/mol. The molecule has 0 spiro atoms. The molecule has 0 bridgehead atoms. The van der Waals surface area contributed by atoms with E-state index in [0.29, 0.717) is 30.6 Å². The topological polar surface area (TPSA) is 66.4 Å². The molecule has 7 nitrogen and oxygen atoms in total. The lowest BCUT2D eigenvalue weighted by Crippen LogP contribution is -2.45. The normalized spacial score (nSPS) is 18.9. The summed E-state index contributed by atoms with van der Waals surface area (Å²) >= 11 is 0. The van der Waals surface area contributed by atoms with Crippen LogP contribution in [-0.2, 0) is 0 Å². The molecule has 0 aromatic carbocycles. The second-order valence-electron chi connectivity index (χ2n) is 5.41. The molecule has 2 heterocycles. The summed E-state index contributed by atoms with van der Waals surface area (Å²) in [6, 6.07) is 0.930. The van der Waals surface area contributed by atoms with E-state index in [1.807, 2.05) is 13.8 Å². The third-order valence-corrected chi connectivity index (χ3v) is 3.62. The molecule has 1 aromatic rings. The molecular formula is C14H26N6O. The van der Waals surface area contributed by atoms with Crippen LogP contribution in [0.2, 0.25) is 0 Å². The molecule has 1 aliphatic heterocycles. The molecule has 1 N–H and O–H groups in total. The van der Waals surface area contributed by atoms with Crippen LogP contribution >= 0.6 is 0 Å². The van der Waals surface area contributed by atoms with Crippen molar-refractivity contribution in [3.8, 4) is 6.01 Å². The van der Waals surface area contributed by atoms with Crippen LogP contribution in [0, 0.1) is 0 Å². The molecule has 1 aliphatic rings. The number of hydrogen-bond donors (Lipinski definition) is 1. The zero-order valence-corrected chi connectivity index (χ0v) is 13.5. The van der Waals surface area contributed by atoms with Crippen LogP contribution in [0.25, 0.3) is 0 Å². The molecule has 0 radical (unpaired) electrons. The molecule has 1 aromatic heterocycles. The number of rotatable bonds is 6. The van der Waals surface area contributed by atoms with Crippen LogP contribution in [0.3, 0.4) is 0 Å². The van der Waals surface area contributed by atoms with Gasteiger partial charge in [-0.2, -0.15) is 15.0 Å². The third kappa shape index (κ3) is 4.17. The molecule has 7 heteroatoms. The predicted molar refractivity (Wildman–Crippen MR) is 84.1 cm³/mol. The Bertz CT molecular complexity index is 429. The Morgan fingerprint density at radius 2 is 2.10 bits per heavy atom. The van der Waals surface area contributed by atoms with E-state index in [4.69, 9.17) is 4.74 Å². The van der Waals surface area contributed by atoms with Crippen LogP contribution in [-0.4, -0.2) is 66.2 Å². The number of aromatic nitrogens is 3. The first-order valence-corrected chi connectivity index (χ1v) is 7.68. The molecule has 21 heavy (non-hydrogen) atoms. The van der Waals surface area contributed by atoms with E-state index in [-0.39, 0.29) is 0 Å². The zero-order valence-electron chi connectivity index (χ0n) is 13.5. The van der Waals surface area contributed by atoms with Gasteiger partial charge >= 0.3 is 6.01 Å². The number of piperidine rings is 1.